The SMILES string of the molecule is [SiH3]Cc1cccc(I)c1Br. The van der Waals surface area contributed by atoms with Crippen LogP contribution in [-0.2, 0) is 6.04 Å². The standard InChI is InChI=1S/C7H8BrISi/c8-7-5(4-10)2-1-3-6(7)9/h1-3H,4H2,10H3. The lowest BCUT2D eigenvalue weighted by Gasteiger charge is -2.01. The number of rotatable bonds is 1. The molecule has 54 valence electrons. The van der Waals surface area contributed by atoms with Gasteiger partial charge in [0.15, 0.2) is 0 Å². The zero-order valence-corrected chi connectivity index (χ0v) is 11.4. The van der Waals surface area contributed by atoms with Crippen LogP contribution in [0.25, 0.3) is 0 Å². The lowest BCUT2D eigenvalue weighted by molar-refractivity contribution is 1.35. The van der Waals surface area contributed by atoms with E-state index in [4.69, 9.17) is 0 Å². The van der Waals surface area contributed by atoms with Gasteiger partial charge in [-0.2, -0.15) is 0 Å². The Hall–Kier alpha value is 0.647. The molecule has 0 nitrogen and oxygen atoms in total. The number of halogens is 2. The predicted molar refractivity (Wildman–Crippen MR) is 60.5 cm³/mol. The molecular formula is C7H8BrISi. The van der Waals surface area contributed by atoms with E-state index in [1.165, 1.54) is 29.9 Å². The summed E-state index contributed by atoms with van der Waals surface area (Å²) in [5, 5.41) is 0. The molecule has 1 aromatic rings. The fourth-order valence-corrected chi connectivity index (χ4v) is 3.03. The average Bonchev–Trinajstić information content (AvgIpc) is 1.95. The molecule has 0 aromatic heterocycles. The van der Waals surface area contributed by atoms with Gasteiger partial charge in [-0.3, -0.25) is 0 Å². The number of hydrogen-bond acceptors (Lipinski definition) is 0. The van der Waals surface area contributed by atoms with Crippen molar-refractivity contribution in [1.82, 2.24) is 0 Å². The van der Waals surface area contributed by atoms with Gasteiger partial charge in [0.1, 0.15) is 0 Å². The summed E-state index contributed by atoms with van der Waals surface area (Å²) in [5.74, 6) is 0. The second kappa shape index (κ2) is 3.87. The molecule has 0 aliphatic carbocycles. The van der Waals surface area contributed by atoms with Crippen molar-refractivity contribution < 1.29 is 0 Å². The maximum absolute atomic E-state index is 3.56. The normalized spacial score (nSPS) is 10.2. The van der Waals surface area contributed by atoms with Crippen LogP contribution >= 0.6 is 38.5 Å². The largest absolute Gasteiger partial charge is 0.0609 e. The van der Waals surface area contributed by atoms with Crippen LogP contribution < -0.4 is 0 Å². The van der Waals surface area contributed by atoms with Crippen LogP contribution in [0.2, 0.25) is 0 Å². The second-order valence-electron chi connectivity index (χ2n) is 2.07. The van der Waals surface area contributed by atoms with Gasteiger partial charge in [0.2, 0.25) is 0 Å². The Bertz CT molecular complexity index is 237. The van der Waals surface area contributed by atoms with Crippen molar-refractivity contribution in [2.75, 3.05) is 0 Å². The smallest absolute Gasteiger partial charge is 0.0337 e. The van der Waals surface area contributed by atoms with Crippen LogP contribution in [0, 0.1) is 3.57 Å². The number of hydrogen-bond donors (Lipinski definition) is 0. The molecule has 1 rings (SSSR count). The molecule has 0 bridgehead atoms. The van der Waals surface area contributed by atoms with Crippen molar-refractivity contribution in [3.63, 3.8) is 0 Å². The van der Waals surface area contributed by atoms with E-state index in [0.717, 1.165) is 0 Å². The monoisotopic (exact) mass is 326 g/mol. The van der Waals surface area contributed by atoms with Crippen molar-refractivity contribution in [2.45, 2.75) is 6.04 Å². The van der Waals surface area contributed by atoms with Crippen molar-refractivity contribution in [3.05, 3.63) is 31.8 Å². The van der Waals surface area contributed by atoms with E-state index < -0.39 is 0 Å². The summed E-state index contributed by atoms with van der Waals surface area (Å²) in [4.78, 5) is 0. The first-order valence-electron chi connectivity index (χ1n) is 3.18. The average molecular weight is 327 g/mol. The minimum absolute atomic E-state index is 1.23. The van der Waals surface area contributed by atoms with E-state index in [2.05, 4.69) is 56.7 Å². The Morgan fingerprint density at radius 2 is 2.20 bits per heavy atom. The molecule has 0 spiro atoms. The summed E-state index contributed by atoms with van der Waals surface area (Å²) in [5.41, 5.74) is 1.44. The minimum Gasteiger partial charge on any atom is -0.0609 e. The van der Waals surface area contributed by atoms with Crippen LogP contribution in [0.5, 0.6) is 0 Å². The molecule has 1 aromatic carbocycles. The molecule has 0 unspecified atom stereocenters. The first-order chi connectivity index (χ1) is 4.75. The summed E-state index contributed by atoms with van der Waals surface area (Å²) in [6.45, 7) is 0. The van der Waals surface area contributed by atoms with Crippen molar-refractivity contribution >= 4 is 48.8 Å². The van der Waals surface area contributed by atoms with E-state index >= 15 is 0 Å². The first-order valence-corrected chi connectivity index (χ1v) is 6.47. The minimum atomic E-state index is 1.23. The molecule has 0 aliphatic heterocycles. The Kier molecular flexibility index (Phi) is 3.39. The van der Waals surface area contributed by atoms with Gasteiger partial charge in [0.25, 0.3) is 0 Å². The molecule has 0 fully saturated rings. The van der Waals surface area contributed by atoms with Gasteiger partial charge in [-0.25, -0.2) is 0 Å². The highest BCUT2D eigenvalue weighted by Gasteiger charge is 1.98. The topological polar surface area (TPSA) is 0 Å². The molecule has 0 aliphatic rings. The molecule has 0 saturated heterocycles. The predicted octanol–water partition coefficient (Wildman–Crippen LogP) is 1.92. The lowest BCUT2D eigenvalue weighted by atomic mass is 10.2. The Morgan fingerprint density at radius 1 is 1.50 bits per heavy atom. The molecule has 0 atom stereocenters. The summed E-state index contributed by atoms with van der Waals surface area (Å²) >= 11 is 5.90. The van der Waals surface area contributed by atoms with Gasteiger partial charge in [0, 0.05) is 18.3 Å². The fourth-order valence-electron chi connectivity index (χ4n) is 0.822. The number of benzene rings is 1. The van der Waals surface area contributed by atoms with Gasteiger partial charge in [-0.05, 0) is 56.2 Å². The van der Waals surface area contributed by atoms with Crippen molar-refractivity contribution in [3.8, 4) is 0 Å². The van der Waals surface area contributed by atoms with E-state index in [-0.39, 0.29) is 0 Å². The van der Waals surface area contributed by atoms with Gasteiger partial charge in [0.05, 0.1) is 0 Å². The fraction of sp³-hybridized carbons (Fsp3) is 0.143. The highest BCUT2D eigenvalue weighted by molar-refractivity contribution is 14.1. The second-order valence-corrected chi connectivity index (χ2v) is 4.73. The van der Waals surface area contributed by atoms with Crippen molar-refractivity contribution in [2.24, 2.45) is 0 Å². The molecule has 0 heterocycles. The first kappa shape index (κ1) is 8.74. The maximum Gasteiger partial charge on any atom is 0.0337 e. The summed E-state index contributed by atoms with van der Waals surface area (Å²) in [7, 11) is 1.24. The van der Waals surface area contributed by atoms with E-state index in [1.807, 2.05) is 0 Å². The van der Waals surface area contributed by atoms with Gasteiger partial charge >= 0.3 is 0 Å². The molecule has 0 amide bonds. The zero-order valence-electron chi connectivity index (χ0n) is 5.70. The third kappa shape index (κ3) is 1.82. The molecule has 10 heavy (non-hydrogen) atoms. The molecule has 0 N–H and O–H groups in total. The van der Waals surface area contributed by atoms with E-state index in [0.29, 0.717) is 0 Å². The highest BCUT2D eigenvalue weighted by Crippen LogP contribution is 2.22. The van der Waals surface area contributed by atoms with Gasteiger partial charge in [-0.15, -0.1) is 0 Å². The third-order valence-corrected chi connectivity index (χ3v) is 4.75. The summed E-state index contributed by atoms with van der Waals surface area (Å²) in [6, 6.07) is 7.64. The van der Waals surface area contributed by atoms with Crippen LogP contribution in [-0.4, -0.2) is 10.2 Å². The van der Waals surface area contributed by atoms with E-state index in [9.17, 15) is 0 Å². The van der Waals surface area contributed by atoms with Crippen LogP contribution in [0.3, 0.4) is 0 Å². The molecular weight excluding hydrogens is 319 g/mol. The molecule has 3 heteroatoms. The Morgan fingerprint density at radius 3 is 2.70 bits per heavy atom. The Labute approximate surface area is 86.1 Å². The lowest BCUT2D eigenvalue weighted by Crippen LogP contribution is -1.86. The highest BCUT2D eigenvalue weighted by atomic mass is 127. The van der Waals surface area contributed by atoms with E-state index in [1.54, 1.807) is 0 Å². The maximum atomic E-state index is 3.56. The quantitative estimate of drug-likeness (QED) is 0.546. The molecule has 0 saturated carbocycles. The van der Waals surface area contributed by atoms with Crippen LogP contribution in [0.4, 0.5) is 0 Å². The zero-order chi connectivity index (χ0) is 7.56. The van der Waals surface area contributed by atoms with Crippen LogP contribution in [0.15, 0.2) is 22.7 Å². The summed E-state index contributed by atoms with van der Waals surface area (Å²) < 4.78 is 2.59. The molecule has 0 radical (unpaired) electrons. The van der Waals surface area contributed by atoms with Crippen LogP contribution in [0.1, 0.15) is 5.56 Å². The third-order valence-electron chi connectivity index (χ3n) is 1.41. The van der Waals surface area contributed by atoms with Gasteiger partial charge in [-0.1, -0.05) is 12.1 Å². The summed E-state index contributed by atoms with van der Waals surface area (Å²) in [6.07, 6.45) is 0. The van der Waals surface area contributed by atoms with Crippen molar-refractivity contribution in [1.29, 1.82) is 0 Å². The Balaban J connectivity index is 3.14. The van der Waals surface area contributed by atoms with Gasteiger partial charge < -0.3 is 0 Å².